The maximum atomic E-state index is 5.84. The third kappa shape index (κ3) is 4.91. The number of rotatable bonds is 5. The molecule has 0 aromatic heterocycles. The van der Waals surface area contributed by atoms with Gasteiger partial charge in [-0.3, -0.25) is 4.99 Å². The summed E-state index contributed by atoms with van der Waals surface area (Å²) in [5.41, 5.74) is 9.65. The fourth-order valence-corrected chi connectivity index (χ4v) is 2.45. The van der Waals surface area contributed by atoms with Gasteiger partial charge in [-0.15, -0.1) is 24.0 Å². The maximum Gasteiger partial charge on any atom is 0.188 e. The molecule has 1 aliphatic heterocycles. The Labute approximate surface area is 144 Å². The van der Waals surface area contributed by atoms with Crippen molar-refractivity contribution in [1.29, 1.82) is 0 Å². The van der Waals surface area contributed by atoms with Crippen molar-refractivity contribution in [2.24, 2.45) is 10.7 Å². The van der Waals surface area contributed by atoms with Crippen LogP contribution in [0, 0.1) is 0 Å². The molecule has 1 aliphatic rings. The average molecular weight is 400 g/mol. The predicted octanol–water partition coefficient (Wildman–Crippen LogP) is 2.54. The van der Waals surface area contributed by atoms with Gasteiger partial charge in [-0.2, -0.15) is 0 Å². The first kappa shape index (κ1) is 17.8. The highest BCUT2D eigenvalue weighted by Crippen LogP contribution is 2.29. The van der Waals surface area contributed by atoms with E-state index in [-0.39, 0.29) is 24.0 Å². The van der Waals surface area contributed by atoms with Crippen LogP contribution < -0.4 is 16.0 Å². The highest BCUT2D eigenvalue weighted by molar-refractivity contribution is 14.0. The summed E-state index contributed by atoms with van der Waals surface area (Å²) < 4.78 is 0. The van der Waals surface area contributed by atoms with Gasteiger partial charge in [0.05, 0.1) is 6.54 Å². The summed E-state index contributed by atoms with van der Waals surface area (Å²) >= 11 is 0. The number of benzene rings is 1. The first-order chi connectivity index (χ1) is 9.58. The highest BCUT2D eigenvalue weighted by atomic mass is 127. The lowest BCUT2D eigenvalue weighted by molar-refractivity contribution is 0.661. The monoisotopic (exact) mass is 400 g/mol. The molecular weight excluding hydrogens is 375 g/mol. The third-order valence-electron chi connectivity index (χ3n) is 3.55. The van der Waals surface area contributed by atoms with Crippen LogP contribution in [0.25, 0.3) is 0 Å². The molecule has 4 nitrogen and oxygen atoms in total. The van der Waals surface area contributed by atoms with E-state index in [1.807, 2.05) is 6.92 Å². The molecule has 1 atom stereocenters. The van der Waals surface area contributed by atoms with Crippen LogP contribution in [0.2, 0.25) is 0 Å². The van der Waals surface area contributed by atoms with E-state index in [0.717, 1.165) is 18.5 Å². The Morgan fingerprint density at radius 2 is 2.19 bits per heavy atom. The summed E-state index contributed by atoms with van der Waals surface area (Å²) in [6.07, 6.45) is 1.12. The van der Waals surface area contributed by atoms with Gasteiger partial charge in [0.15, 0.2) is 5.96 Å². The van der Waals surface area contributed by atoms with Crippen molar-refractivity contribution < 1.29 is 0 Å². The lowest BCUT2D eigenvalue weighted by atomic mass is 10.2. The Kier molecular flexibility index (Phi) is 7.01. The van der Waals surface area contributed by atoms with E-state index in [4.69, 9.17) is 5.73 Å². The van der Waals surface area contributed by atoms with Gasteiger partial charge in [0.1, 0.15) is 0 Å². The first-order valence-electron chi connectivity index (χ1n) is 7.10. The number of para-hydroxylation sites is 1. The molecule has 0 amide bonds. The van der Waals surface area contributed by atoms with Gasteiger partial charge in [0.2, 0.25) is 0 Å². The zero-order chi connectivity index (χ0) is 14.5. The molecule has 1 aromatic rings. The van der Waals surface area contributed by atoms with E-state index in [2.05, 4.69) is 53.0 Å². The molecule has 116 valence electrons. The number of hydrogen-bond donors (Lipinski definition) is 2. The Balaban J connectivity index is 0.00000220. The van der Waals surface area contributed by atoms with E-state index >= 15 is 0 Å². The minimum atomic E-state index is 0. The summed E-state index contributed by atoms with van der Waals surface area (Å²) in [5, 5.41) is 3.06. The van der Waals surface area contributed by atoms with Crippen molar-refractivity contribution in [3.05, 3.63) is 42.0 Å². The van der Waals surface area contributed by atoms with Crippen molar-refractivity contribution in [2.75, 3.05) is 24.5 Å². The minimum absolute atomic E-state index is 0. The number of halogens is 1. The Morgan fingerprint density at radius 3 is 2.90 bits per heavy atom. The summed E-state index contributed by atoms with van der Waals surface area (Å²) in [6, 6.07) is 8.93. The zero-order valence-electron chi connectivity index (χ0n) is 12.8. The van der Waals surface area contributed by atoms with E-state index in [0.29, 0.717) is 25.1 Å². The standard InChI is InChI=1S/C16H24N4.HI/c1-12(2)10-18-16(17)19-11-13(3)20-9-8-14-6-4-5-7-15(14)20;/h4-7,13H,1,8-11H2,2-3H3,(H3,17,18,19);1H. The fraction of sp³-hybridized carbons (Fsp3) is 0.438. The van der Waals surface area contributed by atoms with Crippen LogP contribution in [0.5, 0.6) is 0 Å². The molecule has 0 spiro atoms. The van der Waals surface area contributed by atoms with E-state index in [1.54, 1.807) is 0 Å². The molecule has 5 heteroatoms. The number of aliphatic imine (C=N–C) groups is 1. The van der Waals surface area contributed by atoms with Crippen molar-refractivity contribution in [2.45, 2.75) is 26.3 Å². The normalized spacial score (nSPS) is 15.1. The lowest BCUT2D eigenvalue weighted by Crippen LogP contribution is -2.37. The predicted molar refractivity (Wildman–Crippen MR) is 102 cm³/mol. The molecule has 3 N–H and O–H groups in total. The smallest absolute Gasteiger partial charge is 0.188 e. The van der Waals surface area contributed by atoms with Gasteiger partial charge in [0, 0.05) is 24.8 Å². The van der Waals surface area contributed by atoms with Gasteiger partial charge in [-0.25, -0.2) is 0 Å². The Morgan fingerprint density at radius 1 is 1.48 bits per heavy atom. The molecule has 0 saturated carbocycles. The van der Waals surface area contributed by atoms with Crippen LogP contribution in [-0.4, -0.2) is 31.6 Å². The van der Waals surface area contributed by atoms with Crippen LogP contribution >= 0.6 is 24.0 Å². The number of nitrogens with one attached hydrogen (secondary N) is 1. The Bertz CT molecular complexity index is 513. The zero-order valence-corrected chi connectivity index (χ0v) is 15.1. The molecule has 0 bridgehead atoms. The second-order valence-corrected chi connectivity index (χ2v) is 5.46. The number of nitrogens with zero attached hydrogens (tertiary/aromatic N) is 2. The number of nitrogens with two attached hydrogens (primary N) is 1. The topological polar surface area (TPSA) is 53.6 Å². The summed E-state index contributed by atoms with van der Waals surface area (Å²) in [4.78, 5) is 6.82. The SMILES string of the molecule is C=C(C)CNC(N)=NCC(C)N1CCc2ccccc21.I. The van der Waals surface area contributed by atoms with Gasteiger partial charge in [-0.05, 0) is 31.9 Å². The summed E-state index contributed by atoms with van der Waals surface area (Å²) in [7, 11) is 0. The molecule has 0 aliphatic carbocycles. The lowest BCUT2D eigenvalue weighted by Gasteiger charge is -2.26. The first-order valence-corrected chi connectivity index (χ1v) is 7.10. The van der Waals surface area contributed by atoms with Gasteiger partial charge in [-0.1, -0.05) is 30.4 Å². The van der Waals surface area contributed by atoms with Crippen molar-refractivity contribution in [3.8, 4) is 0 Å². The molecule has 1 unspecified atom stereocenters. The van der Waals surface area contributed by atoms with Crippen LogP contribution in [0.15, 0.2) is 41.4 Å². The van der Waals surface area contributed by atoms with Crippen molar-refractivity contribution in [1.82, 2.24) is 5.32 Å². The molecule has 1 aromatic carbocycles. The average Bonchev–Trinajstić information content (AvgIpc) is 2.86. The largest absolute Gasteiger partial charge is 0.370 e. The van der Waals surface area contributed by atoms with Crippen LogP contribution in [0.3, 0.4) is 0 Å². The fourth-order valence-electron chi connectivity index (χ4n) is 2.45. The molecule has 2 rings (SSSR count). The number of hydrogen-bond acceptors (Lipinski definition) is 2. The molecule has 0 fully saturated rings. The highest BCUT2D eigenvalue weighted by Gasteiger charge is 2.22. The maximum absolute atomic E-state index is 5.84. The number of guanidine groups is 1. The second kappa shape index (κ2) is 8.26. The quantitative estimate of drug-likeness (QED) is 0.346. The number of anilines is 1. The van der Waals surface area contributed by atoms with E-state index in [1.165, 1.54) is 11.3 Å². The molecular formula is C16H25IN4. The minimum Gasteiger partial charge on any atom is -0.370 e. The van der Waals surface area contributed by atoms with Crippen LogP contribution in [-0.2, 0) is 6.42 Å². The van der Waals surface area contributed by atoms with E-state index in [9.17, 15) is 0 Å². The molecule has 0 radical (unpaired) electrons. The Hall–Kier alpha value is -1.24. The van der Waals surface area contributed by atoms with Gasteiger partial charge < -0.3 is 16.0 Å². The summed E-state index contributed by atoms with van der Waals surface area (Å²) in [5.74, 6) is 0.493. The van der Waals surface area contributed by atoms with Gasteiger partial charge in [0.25, 0.3) is 0 Å². The molecule has 21 heavy (non-hydrogen) atoms. The van der Waals surface area contributed by atoms with Crippen molar-refractivity contribution >= 4 is 35.6 Å². The number of fused-ring (bicyclic) bond motifs is 1. The van der Waals surface area contributed by atoms with Crippen LogP contribution in [0.4, 0.5) is 5.69 Å². The van der Waals surface area contributed by atoms with E-state index < -0.39 is 0 Å². The molecule has 1 heterocycles. The van der Waals surface area contributed by atoms with Gasteiger partial charge >= 0.3 is 0 Å². The molecule has 0 saturated heterocycles. The van der Waals surface area contributed by atoms with Crippen molar-refractivity contribution in [3.63, 3.8) is 0 Å². The third-order valence-corrected chi connectivity index (χ3v) is 3.55. The summed E-state index contributed by atoms with van der Waals surface area (Å²) in [6.45, 7) is 10.4. The van der Waals surface area contributed by atoms with Crippen LogP contribution in [0.1, 0.15) is 19.4 Å². The second-order valence-electron chi connectivity index (χ2n) is 5.46.